The molecule has 20 heavy (non-hydrogen) atoms. The first-order valence-electron chi connectivity index (χ1n) is 6.60. The van der Waals surface area contributed by atoms with Crippen LogP contribution in [0.3, 0.4) is 0 Å². The number of fused-ring (bicyclic) bond motifs is 1. The van der Waals surface area contributed by atoms with E-state index in [9.17, 15) is 9.59 Å². The van der Waals surface area contributed by atoms with Crippen LogP contribution in [0.5, 0.6) is 0 Å². The van der Waals surface area contributed by atoms with Gasteiger partial charge in [0.1, 0.15) is 6.54 Å². The smallest absolute Gasteiger partial charge is 0.254 e. The van der Waals surface area contributed by atoms with Gasteiger partial charge in [0.25, 0.3) is 5.91 Å². The standard InChI is InChI=1S/C14H16N2O4/c17-13-8-16(14(18)12-9-19-5-6-20-12)7-10-3-1-2-4-11(10)15-13/h1-4,12H,5-9H2,(H,15,17). The van der Waals surface area contributed by atoms with Crippen molar-refractivity contribution >= 4 is 17.5 Å². The highest BCUT2D eigenvalue weighted by molar-refractivity contribution is 5.96. The summed E-state index contributed by atoms with van der Waals surface area (Å²) in [6.07, 6.45) is -0.609. The number of para-hydroxylation sites is 1. The van der Waals surface area contributed by atoms with Crippen LogP contribution >= 0.6 is 0 Å². The lowest BCUT2D eigenvalue weighted by molar-refractivity contribution is -0.159. The van der Waals surface area contributed by atoms with Gasteiger partial charge in [0.05, 0.1) is 19.8 Å². The first-order valence-corrected chi connectivity index (χ1v) is 6.60. The van der Waals surface area contributed by atoms with Crippen molar-refractivity contribution in [1.82, 2.24) is 4.90 Å². The van der Waals surface area contributed by atoms with Crippen molar-refractivity contribution in [3.05, 3.63) is 29.8 Å². The third kappa shape index (κ3) is 2.66. The maximum atomic E-state index is 12.4. The first-order chi connectivity index (χ1) is 9.74. The van der Waals surface area contributed by atoms with E-state index in [2.05, 4.69) is 5.32 Å². The summed E-state index contributed by atoms with van der Waals surface area (Å²) in [5.41, 5.74) is 1.68. The van der Waals surface area contributed by atoms with Gasteiger partial charge in [-0.1, -0.05) is 18.2 Å². The van der Waals surface area contributed by atoms with Crippen LogP contribution in [-0.2, 0) is 25.6 Å². The fraction of sp³-hybridized carbons (Fsp3) is 0.429. The molecule has 0 bridgehead atoms. The first kappa shape index (κ1) is 13.1. The molecule has 1 aromatic carbocycles. The van der Waals surface area contributed by atoms with Gasteiger partial charge in [-0.15, -0.1) is 0 Å². The molecule has 0 radical (unpaired) electrons. The van der Waals surface area contributed by atoms with Gasteiger partial charge in [-0.3, -0.25) is 9.59 Å². The summed E-state index contributed by atoms with van der Waals surface area (Å²) >= 11 is 0. The molecule has 2 heterocycles. The van der Waals surface area contributed by atoms with Crippen molar-refractivity contribution in [1.29, 1.82) is 0 Å². The van der Waals surface area contributed by atoms with Crippen LogP contribution in [0.25, 0.3) is 0 Å². The van der Waals surface area contributed by atoms with Gasteiger partial charge >= 0.3 is 0 Å². The van der Waals surface area contributed by atoms with Crippen molar-refractivity contribution in [3.63, 3.8) is 0 Å². The topological polar surface area (TPSA) is 67.9 Å². The van der Waals surface area contributed by atoms with Crippen LogP contribution < -0.4 is 5.32 Å². The molecule has 3 rings (SSSR count). The number of hydrogen-bond donors (Lipinski definition) is 1. The number of hydrogen-bond acceptors (Lipinski definition) is 4. The predicted octanol–water partition coefficient (Wildman–Crippen LogP) is 0.383. The Kier molecular flexibility index (Phi) is 3.66. The zero-order chi connectivity index (χ0) is 13.9. The Hall–Kier alpha value is -1.92. The molecular weight excluding hydrogens is 260 g/mol. The maximum Gasteiger partial charge on any atom is 0.254 e. The molecule has 0 saturated carbocycles. The second kappa shape index (κ2) is 5.60. The molecule has 1 saturated heterocycles. The lowest BCUT2D eigenvalue weighted by Crippen LogP contribution is -2.46. The minimum absolute atomic E-state index is 0.0351. The van der Waals surface area contributed by atoms with Crippen LogP contribution in [0.15, 0.2) is 24.3 Å². The molecule has 1 unspecified atom stereocenters. The average molecular weight is 276 g/mol. The quantitative estimate of drug-likeness (QED) is 0.805. The number of ether oxygens (including phenoxy) is 2. The molecule has 2 amide bonds. The van der Waals surface area contributed by atoms with Crippen LogP contribution in [0.1, 0.15) is 5.56 Å². The van der Waals surface area contributed by atoms with Crippen molar-refractivity contribution in [3.8, 4) is 0 Å². The van der Waals surface area contributed by atoms with Crippen molar-refractivity contribution < 1.29 is 19.1 Å². The maximum absolute atomic E-state index is 12.4. The van der Waals surface area contributed by atoms with E-state index in [1.807, 2.05) is 24.3 Å². The molecule has 6 heteroatoms. The molecule has 1 atom stereocenters. The van der Waals surface area contributed by atoms with E-state index < -0.39 is 6.10 Å². The Balaban J connectivity index is 1.79. The van der Waals surface area contributed by atoms with Gasteiger partial charge in [0.15, 0.2) is 6.10 Å². The number of anilines is 1. The van der Waals surface area contributed by atoms with E-state index in [1.165, 1.54) is 4.90 Å². The molecule has 1 aromatic rings. The van der Waals surface area contributed by atoms with Crippen LogP contribution in [0.2, 0.25) is 0 Å². The van der Waals surface area contributed by atoms with Crippen LogP contribution in [-0.4, -0.2) is 49.2 Å². The van der Waals surface area contributed by atoms with Crippen LogP contribution in [0.4, 0.5) is 5.69 Å². The summed E-state index contributed by atoms with van der Waals surface area (Å²) in [4.78, 5) is 25.8. The van der Waals surface area contributed by atoms with E-state index >= 15 is 0 Å². The second-order valence-electron chi connectivity index (χ2n) is 4.83. The SMILES string of the molecule is O=C1CN(C(=O)C2COCCO2)Cc2ccccc2N1. The molecule has 6 nitrogen and oxygen atoms in total. The highest BCUT2D eigenvalue weighted by Crippen LogP contribution is 2.21. The fourth-order valence-electron chi connectivity index (χ4n) is 2.39. The van der Waals surface area contributed by atoms with Gasteiger partial charge in [0.2, 0.25) is 5.91 Å². The normalized spacial score (nSPS) is 22.7. The number of amides is 2. The van der Waals surface area contributed by atoms with Gasteiger partial charge in [0, 0.05) is 12.2 Å². The largest absolute Gasteiger partial charge is 0.376 e. The summed E-state index contributed by atoms with van der Waals surface area (Å²) in [7, 11) is 0. The Labute approximate surface area is 116 Å². The number of carbonyl (C=O) groups excluding carboxylic acids is 2. The number of rotatable bonds is 1. The Morgan fingerprint density at radius 2 is 2.10 bits per heavy atom. The molecule has 0 aliphatic carbocycles. The molecule has 0 spiro atoms. The molecule has 1 fully saturated rings. The van der Waals surface area contributed by atoms with E-state index in [0.29, 0.717) is 19.8 Å². The fourth-order valence-corrected chi connectivity index (χ4v) is 2.39. The number of benzene rings is 1. The summed E-state index contributed by atoms with van der Waals surface area (Å²) in [5.74, 6) is -0.392. The van der Waals surface area contributed by atoms with Crippen molar-refractivity contribution in [2.75, 3.05) is 31.7 Å². The monoisotopic (exact) mass is 276 g/mol. The summed E-state index contributed by atoms with van der Waals surface area (Å²) in [6, 6.07) is 7.48. The van der Waals surface area contributed by atoms with Gasteiger partial charge in [-0.05, 0) is 11.6 Å². The summed E-state index contributed by atoms with van der Waals surface area (Å²) < 4.78 is 10.7. The molecule has 106 valence electrons. The molecular formula is C14H16N2O4. The Bertz CT molecular complexity index is 526. The zero-order valence-electron chi connectivity index (χ0n) is 11.0. The zero-order valence-corrected chi connectivity index (χ0v) is 11.0. The minimum Gasteiger partial charge on any atom is -0.376 e. The van der Waals surface area contributed by atoms with Gasteiger partial charge < -0.3 is 19.7 Å². The average Bonchev–Trinajstić information content (AvgIpc) is 2.65. The molecule has 1 N–H and O–H groups in total. The Morgan fingerprint density at radius 3 is 2.90 bits per heavy atom. The number of nitrogens with one attached hydrogen (secondary N) is 1. The highest BCUT2D eigenvalue weighted by Gasteiger charge is 2.30. The number of nitrogens with zero attached hydrogens (tertiary/aromatic N) is 1. The predicted molar refractivity (Wildman–Crippen MR) is 71.0 cm³/mol. The highest BCUT2D eigenvalue weighted by atomic mass is 16.6. The van der Waals surface area contributed by atoms with E-state index in [4.69, 9.17) is 9.47 Å². The molecule has 2 aliphatic rings. The summed E-state index contributed by atoms with van der Waals surface area (Å²) in [5, 5.41) is 2.81. The molecule has 0 aromatic heterocycles. The lowest BCUT2D eigenvalue weighted by atomic mass is 10.1. The van der Waals surface area contributed by atoms with Gasteiger partial charge in [-0.25, -0.2) is 0 Å². The van der Waals surface area contributed by atoms with Gasteiger partial charge in [-0.2, -0.15) is 0 Å². The Morgan fingerprint density at radius 1 is 1.25 bits per heavy atom. The van der Waals surface area contributed by atoms with E-state index in [1.54, 1.807) is 0 Å². The third-order valence-corrected chi connectivity index (χ3v) is 3.39. The lowest BCUT2D eigenvalue weighted by Gasteiger charge is -2.28. The van der Waals surface area contributed by atoms with Crippen molar-refractivity contribution in [2.24, 2.45) is 0 Å². The number of carbonyl (C=O) groups is 2. The van der Waals surface area contributed by atoms with Crippen molar-refractivity contribution in [2.45, 2.75) is 12.6 Å². The third-order valence-electron chi connectivity index (χ3n) is 3.39. The second-order valence-corrected chi connectivity index (χ2v) is 4.83. The van der Waals surface area contributed by atoms with E-state index in [-0.39, 0.29) is 25.0 Å². The van der Waals surface area contributed by atoms with Crippen LogP contribution in [0, 0.1) is 0 Å². The summed E-state index contributed by atoms with van der Waals surface area (Å²) in [6.45, 7) is 1.60. The van der Waals surface area contributed by atoms with E-state index in [0.717, 1.165) is 11.3 Å². The molecule has 2 aliphatic heterocycles. The minimum atomic E-state index is -0.609.